The van der Waals surface area contributed by atoms with Gasteiger partial charge in [0.15, 0.2) is 0 Å². The van der Waals surface area contributed by atoms with E-state index >= 15 is 0 Å². The molecule has 2 atom stereocenters. The molecule has 0 amide bonds. The number of rotatable bonds is 4. The van der Waals surface area contributed by atoms with Crippen molar-refractivity contribution < 1.29 is 42.5 Å². The fraction of sp³-hybridized carbons (Fsp3) is 1.00. The van der Waals surface area contributed by atoms with Crippen LogP contribution in [0.3, 0.4) is 0 Å². The average Bonchev–Trinajstić information content (AvgIpc) is 2.57. The summed E-state index contributed by atoms with van der Waals surface area (Å²) in [6, 6.07) is 0. The molecular weight excluding hydrogens is 350 g/mol. The molecule has 134 valence electrons. The van der Waals surface area contributed by atoms with Gasteiger partial charge in [-0.15, -0.1) is 0 Å². The van der Waals surface area contributed by atoms with E-state index in [2.05, 4.69) is 0 Å². The van der Waals surface area contributed by atoms with E-state index in [4.69, 9.17) is 0 Å². The minimum Gasteiger partial charge on any atom is -0.748 e. The van der Waals surface area contributed by atoms with Crippen molar-refractivity contribution in [1.29, 1.82) is 0 Å². The molecule has 0 aliphatic heterocycles. The van der Waals surface area contributed by atoms with Crippen LogP contribution in [0.15, 0.2) is 0 Å². The van der Waals surface area contributed by atoms with Gasteiger partial charge in [-0.05, 0) is 61.9 Å². The van der Waals surface area contributed by atoms with Crippen LogP contribution in [-0.4, -0.2) is 35.2 Å². The van der Waals surface area contributed by atoms with Crippen LogP contribution in [-0.2, 0) is 10.1 Å². The van der Waals surface area contributed by atoms with Crippen LogP contribution in [0.2, 0.25) is 0 Å². The Bertz CT molecular complexity index is 455. The summed E-state index contributed by atoms with van der Waals surface area (Å²) in [5.74, 6) is 0. The fourth-order valence-corrected chi connectivity index (χ4v) is 11.1. The summed E-state index contributed by atoms with van der Waals surface area (Å²) < 4.78 is 34.7. The summed E-state index contributed by atoms with van der Waals surface area (Å²) in [6.45, 7) is 0. The SMILES string of the molecule is O=S(=O)([O-])C1CCCC(P(C2CCCCC2)C2CCCCC2)C1.[Na+]. The molecule has 3 saturated carbocycles. The van der Waals surface area contributed by atoms with Crippen molar-refractivity contribution in [3.05, 3.63) is 0 Å². The van der Waals surface area contributed by atoms with E-state index in [-0.39, 0.29) is 37.5 Å². The standard InChI is InChI=1S/C18H33O3PS.Na/c19-23(20,21)18-13-7-12-17(14-18)22(15-8-3-1-4-9-15)16-10-5-2-6-11-16;/h15-18H,1-14H2,(H,19,20,21);/q;+1/p-1. The third kappa shape index (κ3) is 5.67. The van der Waals surface area contributed by atoms with Gasteiger partial charge in [-0.25, -0.2) is 8.42 Å². The van der Waals surface area contributed by atoms with E-state index in [9.17, 15) is 13.0 Å². The maximum absolute atomic E-state index is 11.6. The summed E-state index contributed by atoms with van der Waals surface area (Å²) in [7, 11) is -4.19. The maximum Gasteiger partial charge on any atom is 1.00 e. The second kappa shape index (κ2) is 10.0. The normalized spacial score (nSPS) is 30.9. The minimum absolute atomic E-state index is 0. The Balaban J connectivity index is 0.00000208. The second-order valence-corrected chi connectivity index (χ2v) is 12.7. The molecule has 3 fully saturated rings. The van der Waals surface area contributed by atoms with Gasteiger partial charge in [0.25, 0.3) is 0 Å². The van der Waals surface area contributed by atoms with Gasteiger partial charge in [0.2, 0.25) is 0 Å². The van der Waals surface area contributed by atoms with Crippen LogP contribution >= 0.6 is 7.92 Å². The van der Waals surface area contributed by atoms with Crippen LogP contribution in [0.4, 0.5) is 0 Å². The molecule has 0 aromatic rings. The van der Waals surface area contributed by atoms with E-state index in [1.807, 2.05) is 0 Å². The van der Waals surface area contributed by atoms with E-state index in [0.717, 1.165) is 17.7 Å². The number of hydrogen-bond acceptors (Lipinski definition) is 3. The Morgan fingerprint density at radius 3 is 1.58 bits per heavy atom. The Morgan fingerprint density at radius 2 is 1.12 bits per heavy atom. The third-order valence-electron chi connectivity index (χ3n) is 6.42. The van der Waals surface area contributed by atoms with Crippen molar-refractivity contribution in [3.8, 4) is 0 Å². The van der Waals surface area contributed by atoms with Gasteiger partial charge in [-0.1, -0.05) is 52.9 Å². The molecule has 0 radical (unpaired) electrons. The van der Waals surface area contributed by atoms with E-state index < -0.39 is 15.4 Å². The molecule has 24 heavy (non-hydrogen) atoms. The van der Waals surface area contributed by atoms with Gasteiger partial charge < -0.3 is 4.55 Å². The Labute approximate surface area is 171 Å². The molecule has 3 aliphatic rings. The zero-order valence-corrected chi connectivity index (χ0v) is 19.0. The summed E-state index contributed by atoms with van der Waals surface area (Å²) in [6.07, 6.45) is 17.1. The fourth-order valence-electron chi connectivity index (χ4n) is 5.31. The largest absolute Gasteiger partial charge is 1.00 e. The Morgan fingerprint density at radius 1 is 0.667 bits per heavy atom. The average molecular weight is 382 g/mol. The zero-order chi connectivity index (χ0) is 16.3. The first kappa shape index (κ1) is 21.6. The predicted octanol–water partition coefficient (Wildman–Crippen LogP) is 1.99. The Hall–Kier alpha value is 1.34. The first-order chi connectivity index (χ1) is 11.1. The van der Waals surface area contributed by atoms with Crippen molar-refractivity contribution in [1.82, 2.24) is 0 Å². The third-order valence-corrected chi connectivity index (χ3v) is 11.7. The molecule has 3 aliphatic carbocycles. The van der Waals surface area contributed by atoms with Gasteiger partial charge in [0.1, 0.15) is 0 Å². The van der Waals surface area contributed by atoms with Crippen LogP contribution in [0.1, 0.15) is 89.9 Å². The van der Waals surface area contributed by atoms with E-state index in [0.29, 0.717) is 18.5 Å². The molecule has 3 rings (SSSR count). The van der Waals surface area contributed by atoms with Crippen LogP contribution < -0.4 is 29.6 Å². The van der Waals surface area contributed by atoms with Crippen LogP contribution in [0, 0.1) is 0 Å². The van der Waals surface area contributed by atoms with Gasteiger partial charge in [0, 0.05) is 0 Å². The number of hydrogen-bond donors (Lipinski definition) is 0. The topological polar surface area (TPSA) is 57.2 Å². The second-order valence-electron chi connectivity index (χ2n) is 7.97. The van der Waals surface area contributed by atoms with Crippen molar-refractivity contribution in [3.63, 3.8) is 0 Å². The summed E-state index contributed by atoms with van der Waals surface area (Å²) >= 11 is 0. The maximum atomic E-state index is 11.6. The minimum atomic E-state index is -4.09. The quantitative estimate of drug-likeness (QED) is 0.425. The molecule has 0 N–H and O–H groups in total. The van der Waals surface area contributed by atoms with Crippen molar-refractivity contribution in [2.24, 2.45) is 0 Å². The molecule has 0 spiro atoms. The summed E-state index contributed by atoms with van der Waals surface area (Å²) in [4.78, 5) is 0. The van der Waals surface area contributed by atoms with Crippen LogP contribution in [0.5, 0.6) is 0 Å². The van der Waals surface area contributed by atoms with Gasteiger partial charge in [-0.2, -0.15) is 0 Å². The Kier molecular flexibility index (Phi) is 9.05. The molecule has 0 aromatic carbocycles. The predicted molar refractivity (Wildman–Crippen MR) is 96.4 cm³/mol. The molecular formula is C18H32NaO3PS. The molecule has 3 nitrogen and oxygen atoms in total. The first-order valence-electron chi connectivity index (χ1n) is 9.78. The molecule has 0 saturated heterocycles. The van der Waals surface area contributed by atoms with Crippen molar-refractivity contribution in [2.75, 3.05) is 0 Å². The molecule has 0 heterocycles. The van der Waals surface area contributed by atoms with Gasteiger partial charge in [0.05, 0.1) is 15.4 Å². The van der Waals surface area contributed by atoms with E-state index in [1.165, 1.54) is 70.6 Å². The smallest absolute Gasteiger partial charge is 0.748 e. The monoisotopic (exact) mass is 382 g/mol. The zero-order valence-electron chi connectivity index (χ0n) is 15.3. The summed E-state index contributed by atoms with van der Waals surface area (Å²) in [5.41, 5.74) is 2.28. The molecule has 6 heteroatoms. The van der Waals surface area contributed by atoms with E-state index in [1.54, 1.807) is 0 Å². The summed E-state index contributed by atoms with van der Waals surface area (Å²) in [5, 5.41) is -0.585. The molecule has 0 bridgehead atoms. The van der Waals surface area contributed by atoms with Crippen LogP contribution in [0.25, 0.3) is 0 Å². The van der Waals surface area contributed by atoms with Crippen molar-refractivity contribution >= 4 is 18.0 Å². The van der Waals surface area contributed by atoms with Crippen molar-refractivity contribution in [2.45, 2.75) is 112 Å². The molecule has 2 unspecified atom stereocenters. The van der Waals surface area contributed by atoms with Gasteiger partial charge >= 0.3 is 29.6 Å². The molecule has 0 aromatic heterocycles. The van der Waals surface area contributed by atoms with Gasteiger partial charge in [-0.3, -0.25) is 0 Å². The first-order valence-corrected chi connectivity index (χ1v) is 12.8.